The van der Waals surface area contributed by atoms with E-state index in [2.05, 4.69) is 0 Å². The molecule has 0 radical (unpaired) electrons. The van der Waals surface area contributed by atoms with Crippen molar-refractivity contribution in [3.8, 4) is 0 Å². The maximum absolute atomic E-state index is 12.8. The molecule has 172 valence electrons. The molecule has 0 bridgehead atoms. The predicted molar refractivity (Wildman–Crippen MR) is 92.7 cm³/mol. The van der Waals surface area contributed by atoms with E-state index in [0.717, 1.165) is 20.8 Å². The van der Waals surface area contributed by atoms with E-state index in [-0.39, 0.29) is 4.57 Å². The number of nitrogens with zero attached hydrogens (tertiary/aromatic N) is 1. The first kappa shape index (κ1) is 24.1. The van der Waals surface area contributed by atoms with Crippen molar-refractivity contribution >= 4 is 17.9 Å². The summed E-state index contributed by atoms with van der Waals surface area (Å²) in [6.45, 7) is 0.967. The fourth-order valence-electron chi connectivity index (χ4n) is 3.01. The molecular formula is C17H19F3N2O9. The monoisotopic (exact) mass is 452 g/mol. The molecule has 14 heteroatoms. The number of aromatic nitrogens is 2. The molecule has 11 nitrogen and oxygen atoms in total. The maximum atomic E-state index is 12.8. The number of rotatable bonds is 6. The van der Waals surface area contributed by atoms with Crippen molar-refractivity contribution in [2.24, 2.45) is 0 Å². The lowest BCUT2D eigenvalue weighted by atomic mass is 10.0. The van der Waals surface area contributed by atoms with E-state index >= 15 is 0 Å². The second kappa shape index (κ2) is 9.32. The van der Waals surface area contributed by atoms with Crippen LogP contribution in [0.2, 0.25) is 0 Å². The zero-order chi connectivity index (χ0) is 23.5. The number of nitrogens with one attached hydrogen (secondary N) is 1. The van der Waals surface area contributed by atoms with Gasteiger partial charge < -0.3 is 18.9 Å². The molecule has 1 aliphatic heterocycles. The summed E-state index contributed by atoms with van der Waals surface area (Å²) in [5, 5.41) is 0. The zero-order valence-electron chi connectivity index (χ0n) is 16.6. The van der Waals surface area contributed by atoms with E-state index in [1.807, 2.05) is 0 Å². The first-order valence-corrected chi connectivity index (χ1v) is 8.82. The van der Waals surface area contributed by atoms with Crippen LogP contribution in [-0.4, -0.2) is 58.6 Å². The molecule has 1 N–H and O–H groups in total. The predicted octanol–water partition coefficient (Wildman–Crippen LogP) is -0.0347. The third-order valence-corrected chi connectivity index (χ3v) is 4.06. The lowest BCUT2D eigenvalue weighted by molar-refractivity contribution is -0.165. The molecule has 31 heavy (non-hydrogen) atoms. The third kappa shape index (κ3) is 6.41. The van der Waals surface area contributed by atoms with Crippen molar-refractivity contribution < 1.29 is 46.5 Å². The average molecular weight is 452 g/mol. The number of carbonyl (C=O) groups is 3. The van der Waals surface area contributed by atoms with Gasteiger partial charge in [-0.2, -0.15) is 13.2 Å². The highest BCUT2D eigenvalue weighted by Crippen LogP contribution is 2.36. The fraction of sp³-hybridized carbons (Fsp3) is 0.588. The number of aromatic amines is 1. The number of hydrogen-bond donors (Lipinski definition) is 1. The number of H-pyrrole nitrogens is 1. The van der Waals surface area contributed by atoms with Crippen LogP contribution in [0, 0.1) is 0 Å². The minimum absolute atomic E-state index is 0.200. The first-order chi connectivity index (χ1) is 14.3. The minimum Gasteiger partial charge on any atom is -0.463 e. The van der Waals surface area contributed by atoms with Gasteiger partial charge in [0.2, 0.25) is 0 Å². The van der Waals surface area contributed by atoms with Crippen molar-refractivity contribution in [3.05, 3.63) is 32.6 Å². The summed E-state index contributed by atoms with van der Waals surface area (Å²) in [5.41, 5.74) is -2.90. The quantitative estimate of drug-likeness (QED) is 0.465. The van der Waals surface area contributed by atoms with Crippen LogP contribution in [0.15, 0.2) is 15.8 Å². The standard InChI is InChI=1S/C17H19F3N2O9/c1-7(23)28-5-11-13(29-8(2)24)14(30-9(3)25)12(31-11)10-4-22(6-17(18,19)20)16(27)21-15(10)26/h4,11-14H,5-6H2,1-3H3,(H,21,26,27). The van der Waals surface area contributed by atoms with Gasteiger partial charge in [0.15, 0.2) is 12.2 Å². The van der Waals surface area contributed by atoms with Gasteiger partial charge in [0.1, 0.15) is 25.4 Å². The molecule has 4 unspecified atom stereocenters. The summed E-state index contributed by atoms with van der Waals surface area (Å²) in [5.74, 6) is -2.41. The van der Waals surface area contributed by atoms with Crippen molar-refractivity contribution in [3.63, 3.8) is 0 Å². The summed E-state index contributed by atoms with van der Waals surface area (Å²) in [6.07, 6.45) is -9.73. The Morgan fingerprint density at radius 3 is 2.16 bits per heavy atom. The Morgan fingerprint density at radius 2 is 1.65 bits per heavy atom. The highest BCUT2D eigenvalue weighted by Gasteiger charge is 2.51. The summed E-state index contributed by atoms with van der Waals surface area (Å²) in [4.78, 5) is 60.0. The van der Waals surface area contributed by atoms with Crippen molar-refractivity contribution in [1.82, 2.24) is 9.55 Å². The summed E-state index contributed by atoms with van der Waals surface area (Å²) < 4.78 is 59.1. The third-order valence-electron chi connectivity index (χ3n) is 4.06. The van der Waals surface area contributed by atoms with Gasteiger partial charge in [0.25, 0.3) is 5.56 Å². The van der Waals surface area contributed by atoms with Crippen LogP contribution in [0.5, 0.6) is 0 Å². The van der Waals surface area contributed by atoms with E-state index < -0.39 is 78.5 Å². The molecule has 0 amide bonds. The van der Waals surface area contributed by atoms with Gasteiger partial charge >= 0.3 is 29.8 Å². The number of halogens is 3. The first-order valence-electron chi connectivity index (χ1n) is 8.82. The second-order valence-corrected chi connectivity index (χ2v) is 6.63. The number of alkyl halides is 3. The molecular weight excluding hydrogens is 433 g/mol. The smallest absolute Gasteiger partial charge is 0.406 e. The molecule has 0 aliphatic carbocycles. The number of ether oxygens (including phenoxy) is 4. The van der Waals surface area contributed by atoms with Crippen molar-refractivity contribution in [2.45, 2.75) is 57.9 Å². The largest absolute Gasteiger partial charge is 0.463 e. The Morgan fingerprint density at radius 1 is 1.06 bits per heavy atom. The lowest BCUT2D eigenvalue weighted by Gasteiger charge is -2.23. The van der Waals surface area contributed by atoms with Crippen LogP contribution < -0.4 is 11.2 Å². The molecule has 0 aromatic carbocycles. The van der Waals surface area contributed by atoms with Gasteiger partial charge in [-0.25, -0.2) is 4.79 Å². The van der Waals surface area contributed by atoms with Crippen LogP contribution in [0.1, 0.15) is 32.4 Å². The summed E-state index contributed by atoms with van der Waals surface area (Å²) in [7, 11) is 0. The molecule has 1 saturated heterocycles. The number of hydrogen-bond acceptors (Lipinski definition) is 9. The lowest BCUT2D eigenvalue weighted by Crippen LogP contribution is -2.41. The Balaban J connectivity index is 2.53. The van der Waals surface area contributed by atoms with E-state index in [0.29, 0.717) is 6.20 Å². The molecule has 0 saturated carbocycles. The van der Waals surface area contributed by atoms with Crippen LogP contribution in [-0.2, 0) is 39.9 Å². The fourth-order valence-corrected chi connectivity index (χ4v) is 3.01. The number of carbonyl (C=O) groups excluding carboxylic acids is 3. The minimum atomic E-state index is -4.77. The van der Waals surface area contributed by atoms with Crippen LogP contribution in [0.3, 0.4) is 0 Å². The van der Waals surface area contributed by atoms with Crippen LogP contribution in [0.4, 0.5) is 13.2 Å². The zero-order valence-corrected chi connectivity index (χ0v) is 16.6. The van der Waals surface area contributed by atoms with Gasteiger partial charge in [-0.1, -0.05) is 0 Å². The van der Waals surface area contributed by atoms with E-state index in [4.69, 9.17) is 18.9 Å². The molecule has 2 rings (SSSR count). The van der Waals surface area contributed by atoms with Crippen LogP contribution >= 0.6 is 0 Å². The van der Waals surface area contributed by atoms with E-state index in [9.17, 15) is 37.1 Å². The highest BCUT2D eigenvalue weighted by atomic mass is 19.4. The molecule has 4 atom stereocenters. The van der Waals surface area contributed by atoms with Crippen molar-refractivity contribution in [1.29, 1.82) is 0 Å². The maximum Gasteiger partial charge on any atom is 0.406 e. The summed E-state index contributed by atoms with van der Waals surface area (Å²) >= 11 is 0. The average Bonchev–Trinajstić information content (AvgIpc) is 2.91. The topological polar surface area (TPSA) is 143 Å². The normalized spacial score (nSPS) is 23.3. The Hall–Kier alpha value is -3.16. The van der Waals surface area contributed by atoms with Crippen molar-refractivity contribution in [2.75, 3.05) is 6.61 Å². The molecule has 2 heterocycles. The SMILES string of the molecule is CC(=O)OCC1OC(c2cn(CC(F)(F)F)c(=O)[nH]c2=O)C(OC(C)=O)C1OC(C)=O. The van der Waals surface area contributed by atoms with Gasteiger partial charge in [0, 0.05) is 27.0 Å². The second-order valence-electron chi connectivity index (χ2n) is 6.63. The Labute approximate surface area is 172 Å². The van der Waals surface area contributed by atoms with E-state index in [1.54, 1.807) is 4.98 Å². The summed E-state index contributed by atoms with van der Waals surface area (Å²) in [6, 6.07) is 0. The van der Waals surface area contributed by atoms with E-state index in [1.165, 1.54) is 0 Å². The van der Waals surface area contributed by atoms with Gasteiger partial charge in [-0.3, -0.25) is 28.7 Å². The van der Waals surface area contributed by atoms with Gasteiger partial charge in [0.05, 0.1) is 5.56 Å². The van der Waals surface area contributed by atoms with Gasteiger partial charge in [-0.15, -0.1) is 0 Å². The highest BCUT2D eigenvalue weighted by molar-refractivity contribution is 5.68. The Bertz CT molecular complexity index is 969. The molecule has 1 fully saturated rings. The molecule has 1 aliphatic rings. The van der Waals surface area contributed by atoms with Crippen LogP contribution in [0.25, 0.3) is 0 Å². The number of esters is 3. The van der Waals surface area contributed by atoms with Gasteiger partial charge in [-0.05, 0) is 0 Å². The molecule has 1 aromatic heterocycles. The molecule has 0 spiro atoms. The molecule has 1 aromatic rings. The Kier molecular flexibility index (Phi) is 7.25.